The number of halogens is 1. The van der Waals surface area contributed by atoms with E-state index in [4.69, 9.17) is 11.6 Å². The molecule has 2 amide bonds. The summed E-state index contributed by atoms with van der Waals surface area (Å²) < 4.78 is 25.8. The molecule has 0 radical (unpaired) electrons. The minimum Gasteiger partial charge on any atom is -0.324 e. The second-order valence-corrected chi connectivity index (χ2v) is 10.2. The highest BCUT2D eigenvalue weighted by Crippen LogP contribution is 2.41. The number of para-hydroxylation sites is 1. The van der Waals surface area contributed by atoms with E-state index in [9.17, 15) is 13.2 Å². The van der Waals surface area contributed by atoms with Crippen molar-refractivity contribution >= 4 is 33.3 Å². The zero-order valence-corrected chi connectivity index (χ0v) is 18.5. The Morgan fingerprint density at radius 3 is 2.57 bits per heavy atom. The van der Waals surface area contributed by atoms with Gasteiger partial charge in [-0.15, -0.1) is 0 Å². The first-order chi connectivity index (χ1) is 14.3. The second-order valence-electron chi connectivity index (χ2n) is 7.98. The number of carbonyl (C=O) groups is 1. The van der Waals surface area contributed by atoms with Crippen molar-refractivity contribution in [1.82, 2.24) is 9.62 Å². The van der Waals surface area contributed by atoms with Crippen molar-refractivity contribution < 1.29 is 13.2 Å². The largest absolute Gasteiger partial charge is 0.324 e. The molecule has 0 spiro atoms. The lowest BCUT2D eigenvalue weighted by Crippen LogP contribution is -2.43. The Morgan fingerprint density at radius 1 is 1.03 bits per heavy atom. The third-order valence-corrected chi connectivity index (χ3v) is 6.86. The number of hydrogen-bond acceptors (Lipinski definition) is 3. The summed E-state index contributed by atoms with van der Waals surface area (Å²) in [5.74, 6) is 0. The maximum atomic E-state index is 13.5. The molecule has 4 rings (SSSR count). The van der Waals surface area contributed by atoms with Crippen LogP contribution in [-0.4, -0.2) is 51.3 Å². The fourth-order valence-corrected chi connectivity index (χ4v) is 5.50. The minimum atomic E-state index is -3.25. The van der Waals surface area contributed by atoms with Gasteiger partial charge in [0, 0.05) is 41.8 Å². The van der Waals surface area contributed by atoms with E-state index in [0.717, 1.165) is 41.6 Å². The summed E-state index contributed by atoms with van der Waals surface area (Å²) in [6.45, 7) is 1.80. The molecule has 1 N–H and O–H groups in total. The van der Waals surface area contributed by atoms with Gasteiger partial charge in [-0.1, -0.05) is 48.0 Å². The van der Waals surface area contributed by atoms with Crippen LogP contribution in [0.4, 0.5) is 10.5 Å². The summed E-state index contributed by atoms with van der Waals surface area (Å²) in [6, 6.07) is 13.6. The Balaban J connectivity index is 1.58. The fraction of sp³-hybridized carbons (Fsp3) is 0.409. The standard InChI is InChI=1S/C22H26ClN3O3S/c1-30(28,29)24-17-7-5-13-25(14-12-17)22(27)26-15-11-16-6-4-9-19(21(16)26)18-8-2-3-10-20(18)23/h2-4,6,8-10,17,24H,5,7,11-15H2,1H3/t17-/m0/s1. The van der Waals surface area contributed by atoms with Crippen molar-refractivity contribution in [3.05, 3.63) is 53.1 Å². The maximum absolute atomic E-state index is 13.5. The van der Waals surface area contributed by atoms with Gasteiger partial charge in [0.15, 0.2) is 0 Å². The number of hydrogen-bond donors (Lipinski definition) is 1. The van der Waals surface area contributed by atoms with Crippen LogP contribution >= 0.6 is 11.6 Å². The molecule has 2 aliphatic heterocycles. The van der Waals surface area contributed by atoms with Crippen molar-refractivity contribution in [3.63, 3.8) is 0 Å². The van der Waals surface area contributed by atoms with Gasteiger partial charge in [-0.3, -0.25) is 4.90 Å². The number of likely N-dealkylation sites (tertiary alicyclic amines) is 1. The van der Waals surface area contributed by atoms with Crippen molar-refractivity contribution in [2.24, 2.45) is 0 Å². The number of sulfonamides is 1. The normalized spacial score (nSPS) is 19.5. The minimum absolute atomic E-state index is 0.0201. The molecule has 0 saturated carbocycles. The summed E-state index contributed by atoms with van der Waals surface area (Å²) in [6.07, 6.45) is 4.11. The molecule has 1 atom stereocenters. The first-order valence-electron chi connectivity index (χ1n) is 10.2. The average Bonchev–Trinajstić information content (AvgIpc) is 3.00. The summed E-state index contributed by atoms with van der Waals surface area (Å²) >= 11 is 6.46. The van der Waals surface area contributed by atoms with Crippen LogP contribution in [0.2, 0.25) is 5.02 Å². The number of fused-ring (bicyclic) bond motifs is 1. The van der Waals surface area contributed by atoms with Crippen LogP contribution < -0.4 is 9.62 Å². The van der Waals surface area contributed by atoms with Gasteiger partial charge in [0.1, 0.15) is 0 Å². The maximum Gasteiger partial charge on any atom is 0.324 e. The number of nitrogens with one attached hydrogen (secondary N) is 1. The Hall–Kier alpha value is -2.09. The van der Waals surface area contributed by atoms with Gasteiger partial charge in [0.05, 0.1) is 11.9 Å². The first-order valence-corrected chi connectivity index (χ1v) is 12.5. The van der Waals surface area contributed by atoms with Crippen LogP contribution in [0, 0.1) is 0 Å². The Kier molecular flexibility index (Phi) is 6.04. The van der Waals surface area contributed by atoms with Crippen LogP contribution in [0.1, 0.15) is 24.8 Å². The number of urea groups is 1. The molecule has 1 fully saturated rings. The fourth-order valence-electron chi connectivity index (χ4n) is 4.42. The zero-order chi connectivity index (χ0) is 21.3. The van der Waals surface area contributed by atoms with Gasteiger partial charge in [-0.2, -0.15) is 0 Å². The quantitative estimate of drug-likeness (QED) is 0.775. The molecule has 2 heterocycles. The van der Waals surface area contributed by atoms with Crippen molar-refractivity contribution in [2.75, 3.05) is 30.8 Å². The predicted octanol–water partition coefficient (Wildman–Crippen LogP) is 3.89. The Morgan fingerprint density at radius 2 is 1.80 bits per heavy atom. The lowest BCUT2D eigenvalue weighted by Gasteiger charge is -2.29. The van der Waals surface area contributed by atoms with E-state index in [1.165, 1.54) is 6.26 Å². The molecule has 2 aromatic rings. The van der Waals surface area contributed by atoms with E-state index in [1.807, 2.05) is 46.2 Å². The van der Waals surface area contributed by atoms with Crippen molar-refractivity contribution in [1.29, 1.82) is 0 Å². The van der Waals surface area contributed by atoms with E-state index in [0.29, 0.717) is 31.1 Å². The molecule has 30 heavy (non-hydrogen) atoms. The number of nitrogens with zero attached hydrogens (tertiary/aromatic N) is 2. The number of amides is 2. The third kappa shape index (κ3) is 4.48. The van der Waals surface area contributed by atoms with E-state index < -0.39 is 10.0 Å². The second kappa shape index (κ2) is 8.57. The van der Waals surface area contributed by atoms with Crippen molar-refractivity contribution in [3.8, 4) is 11.1 Å². The molecule has 0 unspecified atom stereocenters. The zero-order valence-electron chi connectivity index (χ0n) is 17.0. The summed E-state index contributed by atoms with van der Waals surface area (Å²) in [4.78, 5) is 17.2. The summed E-state index contributed by atoms with van der Waals surface area (Å²) in [5, 5.41) is 0.662. The highest BCUT2D eigenvalue weighted by Gasteiger charge is 2.32. The predicted molar refractivity (Wildman–Crippen MR) is 121 cm³/mol. The van der Waals surface area contributed by atoms with Gasteiger partial charge in [-0.05, 0) is 37.3 Å². The smallest absolute Gasteiger partial charge is 0.324 e. The Labute approximate surface area is 182 Å². The van der Waals surface area contributed by atoms with Gasteiger partial charge >= 0.3 is 6.03 Å². The first kappa shape index (κ1) is 21.2. The van der Waals surface area contributed by atoms with Crippen LogP contribution in [0.5, 0.6) is 0 Å². The monoisotopic (exact) mass is 447 g/mol. The van der Waals surface area contributed by atoms with Crippen molar-refractivity contribution in [2.45, 2.75) is 31.7 Å². The van der Waals surface area contributed by atoms with E-state index in [2.05, 4.69) is 10.8 Å². The summed E-state index contributed by atoms with van der Waals surface area (Å²) in [5.41, 5.74) is 3.97. The van der Waals surface area contributed by atoms with Crippen LogP contribution in [0.15, 0.2) is 42.5 Å². The number of rotatable bonds is 3. The van der Waals surface area contributed by atoms with E-state index in [-0.39, 0.29) is 12.1 Å². The molecule has 8 heteroatoms. The molecular weight excluding hydrogens is 422 g/mol. The molecule has 6 nitrogen and oxygen atoms in total. The molecule has 0 bridgehead atoms. The topological polar surface area (TPSA) is 69.7 Å². The summed E-state index contributed by atoms with van der Waals surface area (Å²) in [7, 11) is -3.25. The number of anilines is 1. The van der Waals surface area contributed by atoms with Crippen LogP contribution in [0.25, 0.3) is 11.1 Å². The number of benzene rings is 2. The van der Waals surface area contributed by atoms with Gasteiger partial charge < -0.3 is 4.90 Å². The van der Waals surface area contributed by atoms with E-state index >= 15 is 0 Å². The van der Waals surface area contributed by atoms with E-state index in [1.54, 1.807) is 0 Å². The van der Waals surface area contributed by atoms with Gasteiger partial charge in [0.25, 0.3) is 0 Å². The third-order valence-electron chi connectivity index (χ3n) is 5.77. The molecule has 1 saturated heterocycles. The highest BCUT2D eigenvalue weighted by molar-refractivity contribution is 7.88. The molecule has 160 valence electrons. The lowest BCUT2D eigenvalue weighted by atomic mass is 10.0. The SMILES string of the molecule is CS(=O)(=O)N[C@H]1CCCN(C(=O)N2CCc3cccc(-c4ccccc4Cl)c32)CC1. The lowest BCUT2D eigenvalue weighted by molar-refractivity contribution is 0.207. The van der Waals surface area contributed by atoms with Crippen LogP contribution in [0.3, 0.4) is 0 Å². The molecule has 0 aliphatic carbocycles. The van der Waals surface area contributed by atoms with Gasteiger partial charge in [-0.25, -0.2) is 17.9 Å². The molecule has 2 aliphatic rings. The average molecular weight is 448 g/mol. The molecule has 2 aromatic carbocycles. The Bertz CT molecular complexity index is 1060. The molecule has 0 aromatic heterocycles. The molecular formula is C22H26ClN3O3S. The number of carbonyl (C=O) groups excluding carboxylic acids is 1. The highest BCUT2D eigenvalue weighted by atomic mass is 35.5. The van der Waals surface area contributed by atoms with Gasteiger partial charge in [0.2, 0.25) is 10.0 Å². The van der Waals surface area contributed by atoms with Crippen LogP contribution in [-0.2, 0) is 16.4 Å².